The first-order valence-electron chi connectivity index (χ1n) is 7.49. The number of aryl methyl sites for hydroxylation is 1. The van der Waals surface area contributed by atoms with E-state index in [-0.39, 0.29) is 29.3 Å². The molecule has 0 bridgehead atoms. The summed E-state index contributed by atoms with van der Waals surface area (Å²) in [6, 6.07) is 11.9. The smallest absolute Gasteiger partial charge is 0.258 e. The Morgan fingerprint density at radius 2 is 2.00 bits per heavy atom. The second kappa shape index (κ2) is 6.16. The fourth-order valence-electron chi connectivity index (χ4n) is 2.53. The predicted molar refractivity (Wildman–Crippen MR) is 91.0 cm³/mol. The van der Waals surface area contributed by atoms with Gasteiger partial charge < -0.3 is 15.0 Å². The number of nitrogens with one attached hydrogen (secondary N) is 1. The van der Waals surface area contributed by atoms with Crippen molar-refractivity contribution < 1.29 is 9.90 Å². The van der Waals surface area contributed by atoms with Gasteiger partial charge in [-0.2, -0.15) is 0 Å². The summed E-state index contributed by atoms with van der Waals surface area (Å²) in [5.41, 5.74) is 1.42. The van der Waals surface area contributed by atoms with Crippen molar-refractivity contribution in [2.75, 3.05) is 7.05 Å². The maximum absolute atomic E-state index is 12.5. The minimum Gasteiger partial charge on any atom is -0.507 e. The van der Waals surface area contributed by atoms with Gasteiger partial charge in [-0.3, -0.25) is 9.59 Å². The fraction of sp³-hybridized carbons (Fsp3) is 0.167. The number of rotatable bonds is 3. The van der Waals surface area contributed by atoms with Crippen LogP contribution < -0.4 is 5.56 Å². The molecule has 6 nitrogen and oxygen atoms in total. The quantitative estimate of drug-likeness (QED) is 0.774. The number of para-hydroxylation sites is 1. The Kier molecular flexibility index (Phi) is 4.04. The van der Waals surface area contributed by atoms with E-state index in [4.69, 9.17) is 0 Å². The highest BCUT2D eigenvalue weighted by molar-refractivity contribution is 5.96. The van der Waals surface area contributed by atoms with Gasteiger partial charge in [0.1, 0.15) is 11.6 Å². The molecule has 2 N–H and O–H groups in total. The topological polar surface area (TPSA) is 86.3 Å². The van der Waals surface area contributed by atoms with Crippen LogP contribution in [0.15, 0.2) is 47.3 Å². The summed E-state index contributed by atoms with van der Waals surface area (Å²) in [6.07, 6.45) is 0. The van der Waals surface area contributed by atoms with E-state index in [2.05, 4.69) is 9.97 Å². The Labute approximate surface area is 138 Å². The van der Waals surface area contributed by atoms with Crippen molar-refractivity contribution in [3.63, 3.8) is 0 Å². The number of aromatic nitrogens is 2. The van der Waals surface area contributed by atoms with Gasteiger partial charge in [-0.05, 0) is 36.8 Å². The molecule has 2 aromatic carbocycles. The molecule has 0 aliphatic rings. The highest BCUT2D eigenvalue weighted by Gasteiger charge is 2.17. The van der Waals surface area contributed by atoms with Gasteiger partial charge in [-0.15, -0.1) is 0 Å². The van der Waals surface area contributed by atoms with E-state index < -0.39 is 0 Å². The molecule has 1 aromatic heterocycles. The normalized spacial score (nSPS) is 10.8. The summed E-state index contributed by atoms with van der Waals surface area (Å²) in [4.78, 5) is 33.0. The molecule has 0 aliphatic carbocycles. The first kappa shape index (κ1) is 15.7. The van der Waals surface area contributed by atoms with Gasteiger partial charge >= 0.3 is 0 Å². The average molecular weight is 323 g/mol. The van der Waals surface area contributed by atoms with E-state index in [1.807, 2.05) is 6.92 Å². The number of carbonyl (C=O) groups is 1. The third-order valence-electron chi connectivity index (χ3n) is 3.78. The fourth-order valence-corrected chi connectivity index (χ4v) is 2.53. The standard InChI is InChI=1S/C18H17N3O3/c1-11-7-8-13(15(22)9-11)18(24)21(2)10-16-19-14-6-4-3-5-12(14)17(23)20-16/h3-9,22H,10H2,1-2H3,(H,19,20,23). The van der Waals surface area contributed by atoms with Crippen molar-refractivity contribution in [3.05, 3.63) is 69.8 Å². The zero-order chi connectivity index (χ0) is 17.3. The molecular weight excluding hydrogens is 306 g/mol. The molecule has 6 heteroatoms. The largest absolute Gasteiger partial charge is 0.507 e. The van der Waals surface area contributed by atoms with Gasteiger partial charge in [0.2, 0.25) is 0 Å². The third kappa shape index (κ3) is 2.99. The number of H-pyrrole nitrogens is 1. The van der Waals surface area contributed by atoms with Crippen molar-refractivity contribution in [1.82, 2.24) is 14.9 Å². The van der Waals surface area contributed by atoms with Gasteiger partial charge in [0, 0.05) is 7.05 Å². The van der Waals surface area contributed by atoms with Crippen molar-refractivity contribution in [2.24, 2.45) is 0 Å². The van der Waals surface area contributed by atoms with E-state index in [1.54, 1.807) is 43.4 Å². The second-order valence-corrected chi connectivity index (χ2v) is 5.71. The van der Waals surface area contributed by atoms with Crippen LogP contribution in [-0.4, -0.2) is 32.9 Å². The summed E-state index contributed by atoms with van der Waals surface area (Å²) in [6.45, 7) is 1.97. The number of aromatic amines is 1. The first-order valence-corrected chi connectivity index (χ1v) is 7.49. The molecule has 0 unspecified atom stereocenters. The summed E-state index contributed by atoms with van der Waals surface area (Å²) >= 11 is 0. The number of carbonyl (C=O) groups excluding carboxylic acids is 1. The molecule has 1 heterocycles. The van der Waals surface area contributed by atoms with Crippen molar-refractivity contribution in [3.8, 4) is 5.75 Å². The third-order valence-corrected chi connectivity index (χ3v) is 3.78. The molecular formula is C18H17N3O3. The van der Waals surface area contributed by atoms with Crippen LogP contribution in [0.25, 0.3) is 10.9 Å². The molecule has 122 valence electrons. The lowest BCUT2D eigenvalue weighted by atomic mass is 10.1. The zero-order valence-corrected chi connectivity index (χ0v) is 13.4. The highest BCUT2D eigenvalue weighted by Crippen LogP contribution is 2.20. The molecule has 0 spiro atoms. The molecule has 0 aliphatic heterocycles. The van der Waals surface area contributed by atoms with E-state index >= 15 is 0 Å². The Morgan fingerprint density at radius 1 is 1.25 bits per heavy atom. The number of hydrogen-bond donors (Lipinski definition) is 2. The number of fused-ring (bicyclic) bond motifs is 1. The monoisotopic (exact) mass is 323 g/mol. The molecule has 0 fully saturated rings. The van der Waals surface area contributed by atoms with Crippen LogP contribution in [-0.2, 0) is 6.54 Å². The van der Waals surface area contributed by atoms with Crippen LogP contribution in [0.5, 0.6) is 5.75 Å². The number of benzene rings is 2. The van der Waals surface area contributed by atoms with Gasteiger partial charge in [-0.25, -0.2) is 4.98 Å². The minimum absolute atomic E-state index is 0.0631. The lowest BCUT2D eigenvalue weighted by Crippen LogP contribution is -2.28. The van der Waals surface area contributed by atoms with E-state index in [9.17, 15) is 14.7 Å². The second-order valence-electron chi connectivity index (χ2n) is 5.71. The van der Waals surface area contributed by atoms with E-state index in [0.717, 1.165) is 5.56 Å². The lowest BCUT2D eigenvalue weighted by molar-refractivity contribution is 0.0778. The van der Waals surface area contributed by atoms with Gasteiger partial charge in [0.05, 0.1) is 23.0 Å². The molecule has 0 atom stereocenters. The molecule has 1 amide bonds. The number of amides is 1. The van der Waals surface area contributed by atoms with Crippen molar-refractivity contribution >= 4 is 16.8 Å². The van der Waals surface area contributed by atoms with Crippen molar-refractivity contribution in [2.45, 2.75) is 13.5 Å². The van der Waals surface area contributed by atoms with Gasteiger partial charge in [-0.1, -0.05) is 18.2 Å². The molecule has 3 rings (SSSR count). The van der Waals surface area contributed by atoms with Crippen LogP contribution >= 0.6 is 0 Å². The van der Waals surface area contributed by atoms with Gasteiger partial charge in [0.15, 0.2) is 0 Å². The summed E-state index contributed by atoms with van der Waals surface area (Å²) < 4.78 is 0. The highest BCUT2D eigenvalue weighted by atomic mass is 16.3. The number of phenols is 1. The maximum Gasteiger partial charge on any atom is 0.258 e. The molecule has 24 heavy (non-hydrogen) atoms. The van der Waals surface area contributed by atoms with Crippen molar-refractivity contribution in [1.29, 1.82) is 0 Å². The molecule has 0 saturated carbocycles. The van der Waals surface area contributed by atoms with E-state index in [1.165, 1.54) is 11.0 Å². The van der Waals surface area contributed by atoms with E-state index in [0.29, 0.717) is 16.7 Å². The average Bonchev–Trinajstić information content (AvgIpc) is 2.54. The molecule has 0 radical (unpaired) electrons. The first-order chi connectivity index (χ1) is 11.5. The summed E-state index contributed by atoms with van der Waals surface area (Å²) in [5, 5.41) is 10.4. The van der Waals surface area contributed by atoms with Crippen LogP contribution in [0.3, 0.4) is 0 Å². The maximum atomic E-state index is 12.5. The van der Waals surface area contributed by atoms with Gasteiger partial charge in [0.25, 0.3) is 11.5 Å². The number of aromatic hydroxyl groups is 1. The van der Waals surface area contributed by atoms with Crippen LogP contribution in [0, 0.1) is 6.92 Å². The Bertz CT molecular complexity index is 979. The van der Waals surface area contributed by atoms with Crippen LogP contribution in [0.1, 0.15) is 21.7 Å². The zero-order valence-electron chi connectivity index (χ0n) is 13.4. The molecule has 0 saturated heterocycles. The number of phenolic OH excluding ortho intramolecular Hbond substituents is 1. The number of nitrogens with zero attached hydrogens (tertiary/aromatic N) is 2. The van der Waals surface area contributed by atoms with Crippen LogP contribution in [0.2, 0.25) is 0 Å². The summed E-state index contributed by atoms with van der Waals surface area (Å²) in [7, 11) is 1.59. The minimum atomic E-state index is -0.344. The Morgan fingerprint density at radius 3 is 2.75 bits per heavy atom. The lowest BCUT2D eigenvalue weighted by Gasteiger charge is -2.17. The molecule has 3 aromatic rings. The Balaban J connectivity index is 1.88. The van der Waals surface area contributed by atoms with Crippen LogP contribution in [0.4, 0.5) is 0 Å². The predicted octanol–water partition coefficient (Wildman–Crippen LogP) is 2.21. The number of hydrogen-bond acceptors (Lipinski definition) is 4. The summed E-state index contributed by atoms with van der Waals surface area (Å²) in [5.74, 6) is -0.0173. The Hall–Kier alpha value is -3.15. The SMILES string of the molecule is Cc1ccc(C(=O)N(C)Cc2nc3ccccc3c(=O)[nH]2)c(O)c1.